The molecule has 8 heteroatoms. The molecular weight excluding hydrogens is 396 g/mol. The molecule has 1 N–H and O–H groups in total. The van der Waals surface area contributed by atoms with Crippen LogP contribution in [0.25, 0.3) is 15.9 Å². The van der Waals surface area contributed by atoms with Crippen molar-refractivity contribution >= 4 is 33.3 Å². The fourth-order valence-electron chi connectivity index (χ4n) is 4.20. The normalized spacial score (nSPS) is 21.7. The predicted octanol–water partition coefficient (Wildman–Crippen LogP) is 5.10. The van der Waals surface area contributed by atoms with Gasteiger partial charge in [-0.3, -0.25) is 9.80 Å². The maximum atomic E-state index is 12.6. The number of rotatable bonds is 4. The largest absolute Gasteiger partial charge is 0.465 e. The second kappa shape index (κ2) is 8.36. The number of thiazole rings is 1. The lowest BCUT2D eigenvalue weighted by atomic mass is 9.97. The lowest BCUT2D eigenvalue weighted by Gasteiger charge is -2.30. The molecule has 0 saturated carbocycles. The van der Waals surface area contributed by atoms with Gasteiger partial charge in [0.05, 0.1) is 27.5 Å². The summed E-state index contributed by atoms with van der Waals surface area (Å²) in [6.45, 7) is 3.75. The Morgan fingerprint density at radius 1 is 1.34 bits per heavy atom. The summed E-state index contributed by atoms with van der Waals surface area (Å²) in [6, 6.07) is 5.95. The highest BCUT2D eigenvalue weighted by molar-refractivity contribution is 7.18. The molecule has 1 aromatic carbocycles. The fourth-order valence-corrected chi connectivity index (χ4v) is 5.32. The number of piperidine rings is 1. The number of aromatic nitrogens is 1. The zero-order chi connectivity index (χ0) is 20.5. The van der Waals surface area contributed by atoms with Gasteiger partial charge < -0.3 is 5.11 Å². The number of nitrogens with zero attached hydrogens (tertiary/aromatic N) is 3. The molecule has 0 unspecified atom stereocenters. The number of hydrogen-bond acceptors (Lipinski definition) is 4. The Balaban J connectivity index is 1.53. The van der Waals surface area contributed by atoms with Gasteiger partial charge in [-0.15, -0.1) is 11.3 Å². The van der Waals surface area contributed by atoms with E-state index in [1.807, 2.05) is 36.1 Å². The molecule has 2 aliphatic rings. The first-order chi connectivity index (χ1) is 13.9. The number of likely N-dealkylation sites (tertiary alicyclic amines) is 1. The maximum absolute atomic E-state index is 12.6. The van der Waals surface area contributed by atoms with Crippen LogP contribution in [0.4, 0.5) is 13.6 Å². The molecule has 1 fully saturated rings. The minimum atomic E-state index is -2.28. The van der Waals surface area contributed by atoms with E-state index in [9.17, 15) is 18.7 Å². The molecule has 3 heterocycles. The van der Waals surface area contributed by atoms with Crippen LogP contribution in [0.3, 0.4) is 0 Å². The zero-order valence-electron chi connectivity index (χ0n) is 16.4. The molecule has 2 aromatic rings. The van der Waals surface area contributed by atoms with Gasteiger partial charge in [0.2, 0.25) is 0 Å². The second-order valence-electron chi connectivity index (χ2n) is 8.02. The van der Waals surface area contributed by atoms with Gasteiger partial charge in [-0.1, -0.05) is 19.1 Å². The quantitative estimate of drug-likeness (QED) is 0.746. The van der Waals surface area contributed by atoms with Crippen LogP contribution in [0.1, 0.15) is 42.7 Å². The summed E-state index contributed by atoms with van der Waals surface area (Å²) < 4.78 is 26.2. The molecule has 29 heavy (non-hydrogen) atoms. The van der Waals surface area contributed by atoms with Gasteiger partial charge >= 0.3 is 6.09 Å². The van der Waals surface area contributed by atoms with E-state index in [0.29, 0.717) is 31.5 Å². The van der Waals surface area contributed by atoms with E-state index >= 15 is 0 Å². The molecule has 1 aromatic heterocycles. The van der Waals surface area contributed by atoms with Crippen molar-refractivity contribution in [3.63, 3.8) is 0 Å². The molecule has 1 atom stereocenters. The zero-order valence-corrected chi connectivity index (χ0v) is 17.2. The van der Waals surface area contributed by atoms with Crippen molar-refractivity contribution < 1.29 is 18.7 Å². The molecule has 4 rings (SSSR count). The monoisotopic (exact) mass is 421 g/mol. The van der Waals surface area contributed by atoms with E-state index in [0.717, 1.165) is 45.7 Å². The van der Waals surface area contributed by atoms with Gasteiger partial charge in [0.15, 0.2) is 0 Å². The van der Waals surface area contributed by atoms with E-state index in [-0.39, 0.29) is 6.54 Å². The van der Waals surface area contributed by atoms with Crippen molar-refractivity contribution in [2.45, 2.75) is 38.5 Å². The molecule has 0 aliphatic carbocycles. The van der Waals surface area contributed by atoms with Crippen LogP contribution in [0, 0.1) is 5.92 Å². The first-order valence-electron chi connectivity index (χ1n) is 10.0. The van der Waals surface area contributed by atoms with Gasteiger partial charge in [-0.25, -0.2) is 18.6 Å². The highest BCUT2D eigenvalue weighted by Crippen LogP contribution is 2.36. The SMILES string of the molecule is C[C@H]1CC=C(c2ccc3sc(C4CCN(CC(F)F)CC4)nc3c2)N(C(=O)O)C1. The van der Waals surface area contributed by atoms with E-state index in [2.05, 4.69) is 0 Å². The molecule has 0 radical (unpaired) electrons. The summed E-state index contributed by atoms with van der Waals surface area (Å²) in [4.78, 5) is 19.7. The highest BCUT2D eigenvalue weighted by Gasteiger charge is 2.27. The van der Waals surface area contributed by atoms with E-state index in [1.165, 1.54) is 4.90 Å². The van der Waals surface area contributed by atoms with E-state index < -0.39 is 12.5 Å². The molecule has 5 nitrogen and oxygen atoms in total. The number of carbonyl (C=O) groups is 1. The molecule has 1 saturated heterocycles. The number of carboxylic acid groups (broad SMARTS) is 1. The lowest BCUT2D eigenvalue weighted by Crippen LogP contribution is -2.36. The van der Waals surface area contributed by atoms with Crippen LogP contribution < -0.4 is 0 Å². The molecule has 1 amide bonds. The Hall–Kier alpha value is -2.06. The first-order valence-corrected chi connectivity index (χ1v) is 10.8. The van der Waals surface area contributed by atoms with Crippen molar-refractivity contribution in [1.82, 2.24) is 14.8 Å². The average molecular weight is 422 g/mol. The summed E-state index contributed by atoms with van der Waals surface area (Å²) in [6.07, 6.45) is 1.32. The van der Waals surface area contributed by atoms with Gasteiger partial charge in [0.1, 0.15) is 0 Å². The number of fused-ring (bicyclic) bond motifs is 1. The van der Waals surface area contributed by atoms with Crippen LogP contribution in [0.15, 0.2) is 24.3 Å². The smallest absolute Gasteiger partial charge is 0.411 e. The predicted molar refractivity (Wildman–Crippen MR) is 111 cm³/mol. The summed E-state index contributed by atoms with van der Waals surface area (Å²) in [5, 5.41) is 10.6. The Kier molecular flexibility index (Phi) is 5.83. The molecule has 0 spiro atoms. The topological polar surface area (TPSA) is 56.7 Å². The van der Waals surface area contributed by atoms with Crippen molar-refractivity contribution in [3.8, 4) is 0 Å². The third kappa shape index (κ3) is 4.43. The lowest BCUT2D eigenvalue weighted by molar-refractivity contribution is 0.0754. The van der Waals surface area contributed by atoms with Crippen molar-refractivity contribution in [2.75, 3.05) is 26.2 Å². The van der Waals surface area contributed by atoms with Crippen LogP contribution in [0.5, 0.6) is 0 Å². The molecule has 0 bridgehead atoms. The minimum Gasteiger partial charge on any atom is -0.465 e. The average Bonchev–Trinajstić information content (AvgIpc) is 3.11. The Labute approximate surface area is 172 Å². The third-order valence-electron chi connectivity index (χ3n) is 5.76. The van der Waals surface area contributed by atoms with Gasteiger partial charge in [0, 0.05) is 18.0 Å². The fraction of sp³-hybridized carbons (Fsp3) is 0.524. The number of hydrogen-bond donors (Lipinski definition) is 1. The molecule has 2 aliphatic heterocycles. The highest BCUT2D eigenvalue weighted by atomic mass is 32.1. The summed E-state index contributed by atoms with van der Waals surface area (Å²) in [5.74, 6) is 0.607. The maximum Gasteiger partial charge on any atom is 0.411 e. The Bertz CT molecular complexity index is 922. The number of amides is 1. The first kappa shape index (κ1) is 20.2. The minimum absolute atomic E-state index is 0.149. The number of allylic oxidation sites excluding steroid dienone is 1. The van der Waals surface area contributed by atoms with Gasteiger partial charge in [-0.2, -0.15) is 0 Å². The number of benzene rings is 1. The van der Waals surface area contributed by atoms with Crippen molar-refractivity contribution in [2.24, 2.45) is 5.92 Å². The van der Waals surface area contributed by atoms with Crippen LogP contribution >= 0.6 is 11.3 Å². The summed E-state index contributed by atoms with van der Waals surface area (Å²) in [7, 11) is 0. The molecule has 156 valence electrons. The van der Waals surface area contributed by atoms with Crippen LogP contribution in [-0.2, 0) is 0 Å². The summed E-state index contributed by atoms with van der Waals surface area (Å²) in [5.41, 5.74) is 2.48. The van der Waals surface area contributed by atoms with Crippen molar-refractivity contribution in [1.29, 1.82) is 0 Å². The Morgan fingerprint density at radius 2 is 2.10 bits per heavy atom. The number of halogens is 2. The van der Waals surface area contributed by atoms with Crippen molar-refractivity contribution in [3.05, 3.63) is 34.8 Å². The third-order valence-corrected chi connectivity index (χ3v) is 6.96. The Morgan fingerprint density at radius 3 is 2.79 bits per heavy atom. The second-order valence-corrected chi connectivity index (χ2v) is 9.09. The summed E-state index contributed by atoms with van der Waals surface area (Å²) >= 11 is 1.65. The van der Waals surface area contributed by atoms with Crippen LogP contribution in [0.2, 0.25) is 0 Å². The molecular formula is C21H25F2N3O2S. The van der Waals surface area contributed by atoms with E-state index in [1.54, 1.807) is 11.3 Å². The standard InChI is InChI=1S/C21H25F2N3O2S/c1-13-2-4-17(26(11-13)21(27)28)15-3-5-18-16(10-15)24-20(29-18)14-6-8-25(9-7-14)12-19(22)23/h3-5,10,13-14,19H,2,6-9,11-12H2,1H3,(H,27,28)/t13-/m0/s1. The van der Waals surface area contributed by atoms with Gasteiger partial charge in [0.25, 0.3) is 6.43 Å². The van der Waals surface area contributed by atoms with Crippen LogP contribution in [-0.4, -0.2) is 58.6 Å². The van der Waals surface area contributed by atoms with Gasteiger partial charge in [-0.05, 0) is 50.4 Å². The van der Waals surface area contributed by atoms with E-state index in [4.69, 9.17) is 4.98 Å². The number of alkyl halides is 2.